The number of hydrogen-bond donors (Lipinski definition) is 2. The molecule has 11 rings (SSSR count). The zero-order valence-corrected chi connectivity index (χ0v) is 29.7. The summed E-state index contributed by atoms with van der Waals surface area (Å²) in [7, 11) is 0. The van der Waals surface area contributed by atoms with Gasteiger partial charge in [0.05, 0.1) is 0 Å². The minimum Gasteiger partial charge on any atom is -0.350 e. The molecule has 0 radical (unpaired) electrons. The number of nitrogens with zero attached hydrogens (tertiary/aromatic N) is 1. The van der Waals surface area contributed by atoms with E-state index in [9.17, 15) is 0 Å². The second-order valence-electron chi connectivity index (χ2n) is 13.2. The Morgan fingerprint density at radius 2 is 1.12 bits per heavy atom. The van der Waals surface area contributed by atoms with Gasteiger partial charge in [-0.3, -0.25) is 5.32 Å². The van der Waals surface area contributed by atoms with Gasteiger partial charge < -0.3 is 5.32 Å². The van der Waals surface area contributed by atoms with Crippen LogP contribution in [0.15, 0.2) is 157 Å². The summed E-state index contributed by atoms with van der Waals surface area (Å²) in [6.45, 7) is 0. The molecule has 10 aromatic rings. The quantitative estimate of drug-likeness (QED) is 0.191. The SMILES string of the molecule is c1ccc(C2NC(c3ccc4sc5cccc(-c6cccc7c6sc6ccccc67)c5c4c3)=NC(c3ccc4c(c3)sc3ccccc34)N2)cc1. The molecule has 2 N–H and O–H groups in total. The lowest BCUT2D eigenvalue weighted by molar-refractivity contribution is 0.409. The van der Waals surface area contributed by atoms with Gasteiger partial charge in [0.15, 0.2) is 0 Å². The summed E-state index contributed by atoms with van der Waals surface area (Å²) in [4.78, 5) is 5.38. The van der Waals surface area contributed by atoms with Crippen LogP contribution in [-0.2, 0) is 0 Å². The van der Waals surface area contributed by atoms with E-state index in [1.807, 2.05) is 34.0 Å². The van der Waals surface area contributed by atoms with Crippen molar-refractivity contribution in [2.45, 2.75) is 12.3 Å². The average Bonchev–Trinajstić information content (AvgIpc) is 3.88. The summed E-state index contributed by atoms with van der Waals surface area (Å²) in [6, 6.07) is 55.3. The van der Waals surface area contributed by atoms with Gasteiger partial charge in [-0.05, 0) is 59.2 Å². The van der Waals surface area contributed by atoms with E-state index < -0.39 is 0 Å². The molecule has 0 saturated heterocycles. The Hall–Kier alpha value is -5.37. The highest BCUT2D eigenvalue weighted by Gasteiger charge is 2.26. The molecule has 0 amide bonds. The molecule has 1 aliphatic heterocycles. The van der Waals surface area contributed by atoms with Crippen molar-refractivity contribution >= 4 is 100 Å². The number of thiophene rings is 3. The fraction of sp³-hybridized carbons (Fsp3) is 0.0444. The zero-order chi connectivity index (χ0) is 33.5. The van der Waals surface area contributed by atoms with Crippen molar-refractivity contribution in [3.8, 4) is 11.1 Å². The van der Waals surface area contributed by atoms with Crippen molar-refractivity contribution in [1.29, 1.82) is 0 Å². The van der Waals surface area contributed by atoms with Crippen LogP contribution < -0.4 is 10.6 Å². The molecular formula is C45H29N3S3. The van der Waals surface area contributed by atoms with E-state index >= 15 is 0 Å². The smallest absolute Gasteiger partial charge is 0.131 e. The molecule has 242 valence electrons. The Balaban J connectivity index is 1.07. The Bertz CT molecular complexity index is 3000. The Labute approximate surface area is 306 Å². The maximum Gasteiger partial charge on any atom is 0.131 e. The minimum atomic E-state index is -0.211. The molecule has 0 saturated carbocycles. The lowest BCUT2D eigenvalue weighted by Crippen LogP contribution is -2.44. The fourth-order valence-corrected chi connectivity index (χ4v) is 11.3. The van der Waals surface area contributed by atoms with Gasteiger partial charge in [-0.2, -0.15) is 0 Å². The normalized spacial score (nSPS) is 16.4. The van der Waals surface area contributed by atoms with Crippen LogP contribution in [0, 0.1) is 0 Å². The lowest BCUT2D eigenvalue weighted by Gasteiger charge is -2.32. The van der Waals surface area contributed by atoms with Crippen LogP contribution in [0.1, 0.15) is 29.0 Å². The molecule has 4 heterocycles. The third-order valence-corrected chi connectivity index (χ3v) is 13.7. The number of hydrogen-bond acceptors (Lipinski definition) is 6. The molecular weight excluding hydrogens is 679 g/mol. The summed E-state index contributed by atoms with van der Waals surface area (Å²) in [5.41, 5.74) is 6.01. The second kappa shape index (κ2) is 11.6. The van der Waals surface area contributed by atoms with E-state index in [0.29, 0.717) is 0 Å². The molecule has 3 nitrogen and oxygen atoms in total. The highest BCUT2D eigenvalue weighted by atomic mass is 32.1. The third-order valence-electron chi connectivity index (χ3n) is 10.2. The molecule has 51 heavy (non-hydrogen) atoms. The maximum atomic E-state index is 5.38. The van der Waals surface area contributed by atoms with Crippen molar-refractivity contribution in [3.63, 3.8) is 0 Å². The molecule has 2 unspecified atom stereocenters. The van der Waals surface area contributed by atoms with Gasteiger partial charge in [-0.15, -0.1) is 34.0 Å². The van der Waals surface area contributed by atoms with Crippen LogP contribution in [0.3, 0.4) is 0 Å². The molecule has 0 fully saturated rings. The average molecular weight is 708 g/mol. The molecule has 2 atom stereocenters. The van der Waals surface area contributed by atoms with Gasteiger partial charge in [-0.1, -0.05) is 109 Å². The van der Waals surface area contributed by atoms with Gasteiger partial charge in [0.2, 0.25) is 0 Å². The first-order valence-electron chi connectivity index (χ1n) is 17.2. The highest BCUT2D eigenvalue weighted by Crippen LogP contribution is 2.45. The van der Waals surface area contributed by atoms with Crippen LogP contribution in [-0.4, -0.2) is 5.84 Å². The van der Waals surface area contributed by atoms with Crippen LogP contribution in [0.25, 0.3) is 71.6 Å². The standard InChI is InChI=1S/C45H29N3S3/c1-2-10-26(11-3-1)43-46-44(48-45(47-43)28-20-22-31-29-12-4-6-17-36(29)50-40(31)25-28)27-21-23-38-35(24-27)41-32(14-9-19-39(41)49-38)34-16-8-15-33-30-13-5-7-18-37(30)51-42(33)34/h1-25,43,45,47H,(H,46,48). The Kier molecular flexibility index (Phi) is 6.67. The number of aliphatic imine (C=N–C) groups is 1. The van der Waals surface area contributed by atoms with Crippen molar-refractivity contribution in [2.75, 3.05) is 0 Å². The number of fused-ring (bicyclic) bond motifs is 9. The number of rotatable bonds is 4. The first-order valence-corrected chi connectivity index (χ1v) is 19.6. The van der Waals surface area contributed by atoms with E-state index in [1.165, 1.54) is 77.2 Å². The molecule has 3 aromatic heterocycles. The van der Waals surface area contributed by atoms with Gasteiger partial charge in [0.25, 0.3) is 0 Å². The van der Waals surface area contributed by atoms with Gasteiger partial charge in [0, 0.05) is 71.6 Å². The molecule has 1 aliphatic rings. The fourth-order valence-electron chi connectivity index (χ4n) is 7.76. The maximum absolute atomic E-state index is 5.38. The monoisotopic (exact) mass is 707 g/mol. The van der Waals surface area contributed by atoms with E-state index in [2.05, 4.69) is 162 Å². The number of nitrogens with one attached hydrogen (secondary N) is 2. The Morgan fingerprint density at radius 1 is 0.451 bits per heavy atom. The van der Waals surface area contributed by atoms with E-state index in [4.69, 9.17) is 4.99 Å². The summed E-state index contributed by atoms with van der Waals surface area (Å²) in [5.74, 6) is 0.898. The zero-order valence-electron chi connectivity index (χ0n) is 27.3. The second-order valence-corrected chi connectivity index (χ2v) is 16.4. The molecule has 7 aromatic carbocycles. The summed E-state index contributed by atoms with van der Waals surface area (Å²) >= 11 is 5.61. The van der Waals surface area contributed by atoms with E-state index in [-0.39, 0.29) is 12.3 Å². The topological polar surface area (TPSA) is 36.4 Å². The van der Waals surface area contributed by atoms with Crippen LogP contribution in [0.4, 0.5) is 0 Å². The first-order chi connectivity index (χ1) is 25.2. The van der Waals surface area contributed by atoms with Crippen molar-refractivity contribution in [2.24, 2.45) is 4.99 Å². The number of benzene rings is 7. The first kappa shape index (κ1) is 29.4. The third kappa shape index (κ3) is 4.75. The van der Waals surface area contributed by atoms with Crippen molar-refractivity contribution in [3.05, 3.63) is 168 Å². The van der Waals surface area contributed by atoms with Crippen LogP contribution in [0.5, 0.6) is 0 Å². The molecule has 0 spiro atoms. The largest absolute Gasteiger partial charge is 0.350 e. The molecule has 6 heteroatoms. The summed E-state index contributed by atoms with van der Waals surface area (Å²) in [5, 5.41) is 15.4. The van der Waals surface area contributed by atoms with Gasteiger partial charge in [0.1, 0.15) is 18.2 Å². The van der Waals surface area contributed by atoms with E-state index in [1.54, 1.807) is 0 Å². The summed E-state index contributed by atoms with van der Waals surface area (Å²) < 4.78 is 7.85. The minimum absolute atomic E-state index is 0.0992. The van der Waals surface area contributed by atoms with E-state index in [0.717, 1.165) is 17.0 Å². The molecule has 0 bridgehead atoms. The highest BCUT2D eigenvalue weighted by molar-refractivity contribution is 7.27. The van der Waals surface area contributed by atoms with Crippen LogP contribution in [0.2, 0.25) is 0 Å². The van der Waals surface area contributed by atoms with Gasteiger partial charge in [-0.25, -0.2) is 4.99 Å². The van der Waals surface area contributed by atoms with Gasteiger partial charge >= 0.3 is 0 Å². The number of amidine groups is 1. The Morgan fingerprint density at radius 3 is 2.00 bits per heavy atom. The van der Waals surface area contributed by atoms with Crippen molar-refractivity contribution in [1.82, 2.24) is 10.6 Å². The lowest BCUT2D eigenvalue weighted by atomic mass is 9.97. The molecule has 0 aliphatic carbocycles. The van der Waals surface area contributed by atoms with Crippen molar-refractivity contribution < 1.29 is 0 Å². The summed E-state index contributed by atoms with van der Waals surface area (Å²) in [6.07, 6.45) is -0.310. The van der Waals surface area contributed by atoms with Crippen LogP contribution >= 0.6 is 34.0 Å². The predicted octanol–water partition coefficient (Wildman–Crippen LogP) is 12.8. The predicted molar refractivity (Wildman–Crippen MR) is 222 cm³/mol.